The van der Waals surface area contributed by atoms with Crippen LogP contribution in [0.15, 0.2) is 48.5 Å². The third kappa shape index (κ3) is 8.20. The average Bonchev–Trinajstić information content (AvgIpc) is 2.76. The van der Waals surface area contributed by atoms with E-state index in [9.17, 15) is 28.1 Å². The summed E-state index contributed by atoms with van der Waals surface area (Å²) in [5.41, 5.74) is -0.210. The van der Waals surface area contributed by atoms with E-state index in [1.54, 1.807) is 31.2 Å². The predicted molar refractivity (Wildman–Crippen MR) is 139 cm³/mol. The number of benzene rings is 2. The molecule has 1 N–H and O–H groups in total. The van der Waals surface area contributed by atoms with Crippen molar-refractivity contribution >= 4 is 44.8 Å². The Kier molecular flexibility index (Phi) is 9.44. The molecule has 0 saturated heterocycles. The second-order valence-corrected chi connectivity index (χ2v) is 11.7. The molecule has 0 radical (unpaired) electrons. The van der Waals surface area contributed by atoms with Gasteiger partial charge >= 0.3 is 0 Å². The highest BCUT2D eigenvalue weighted by molar-refractivity contribution is 7.92. The Balaban J connectivity index is 2.49. The van der Waals surface area contributed by atoms with Crippen LogP contribution in [0.4, 0.5) is 11.4 Å². The Labute approximate surface area is 216 Å². The summed E-state index contributed by atoms with van der Waals surface area (Å²) in [6.45, 7) is 6.58. The molecule has 0 aliphatic heterocycles. The van der Waals surface area contributed by atoms with Crippen molar-refractivity contribution < 1.29 is 22.9 Å². The Morgan fingerprint density at radius 1 is 1.14 bits per heavy atom. The predicted octanol–water partition coefficient (Wildman–Crippen LogP) is 3.74. The number of nitro groups is 1. The van der Waals surface area contributed by atoms with Crippen LogP contribution in [0.2, 0.25) is 5.02 Å². The maximum atomic E-state index is 13.6. The molecule has 0 spiro atoms. The largest absolute Gasteiger partial charge is 0.350 e. The summed E-state index contributed by atoms with van der Waals surface area (Å²) in [5, 5.41) is 14.6. The number of non-ortho nitro benzene ring substituents is 1. The van der Waals surface area contributed by atoms with Crippen molar-refractivity contribution in [2.45, 2.75) is 52.2 Å². The van der Waals surface area contributed by atoms with E-state index in [-0.39, 0.29) is 30.2 Å². The number of carbonyl (C=O) groups excluding carboxylic acids is 2. The summed E-state index contributed by atoms with van der Waals surface area (Å²) in [6.07, 6.45) is 1.18. The highest BCUT2D eigenvalue weighted by atomic mass is 35.5. The molecule has 0 fully saturated rings. The van der Waals surface area contributed by atoms with Gasteiger partial charge in [-0.2, -0.15) is 0 Å². The van der Waals surface area contributed by atoms with Gasteiger partial charge in [-0.25, -0.2) is 8.42 Å². The number of halogens is 1. The van der Waals surface area contributed by atoms with Crippen molar-refractivity contribution in [1.82, 2.24) is 10.2 Å². The van der Waals surface area contributed by atoms with Gasteiger partial charge in [0.15, 0.2) is 0 Å². The lowest BCUT2D eigenvalue weighted by atomic mass is 10.1. The van der Waals surface area contributed by atoms with Gasteiger partial charge < -0.3 is 10.2 Å². The fourth-order valence-corrected chi connectivity index (χ4v) is 4.50. The molecule has 0 aliphatic rings. The van der Waals surface area contributed by atoms with Crippen molar-refractivity contribution in [3.8, 4) is 0 Å². The van der Waals surface area contributed by atoms with E-state index in [1.165, 1.54) is 23.1 Å². The highest BCUT2D eigenvalue weighted by Crippen LogP contribution is 2.24. The van der Waals surface area contributed by atoms with Crippen LogP contribution in [0, 0.1) is 10.1 Å². The van der Waals surface area contributed by atoms with Gasteiger partial charge in [0.25, 0.3) is 5.69 Å². The van der Waals surface area contributed by atoms with Crippen LogP contribution in [0.1, 0.15) is 39.7 Å². The van der Waals surface area contributed by atoms with Gasteiger partial charge in [-0.1, -0.05) is 36.7 Å². The molecule has 2 aromatic rings. The first-order valence-electron chi connectivity index (χ1n) is 11.2. The van der Waals surface area contributed by atoms with Crippen LogP contribution < -0.4 is 9.62 Å². The molecule has 12 heteroatoms. The third-order valence-corrected chi connectivity index (χ3v) is 6.55. The summed E-state index contributed by atoms with van der Waals surface area (Å²) < 4.78 is 26.0. The lowest BCUT2D eigenvalue weighted by Crippen LogP contribution is -2.55. The summed E-state index contributed by atoms with van der Waals surface area (Å²) in [7, 11) is -4.00. The fraction of sp³-hybridized carbons (Fsp3) is 0.417. The van der Waals surface area contributed by atoms with Crippen LogP contribution in [-0.2, 0) is 26.2 Å². The van der Waals surface area contributed by atoms with Crippen LogP contribution >= 0.6 is 11.6 Å². The molecule has 10 nitrogen and oxygen atoms in total. The smallest absolute Gasteiger partial charge is 0.271 e. The van der Waals surface area contributed by atoms with E-state index < -0.39 is 39.0 Å². The van der Waals surface area contributed by atoms with Crippen LogP contribution in [0.5, 0.6) is 0 Å². The monoisotopic (exact) mass is 538 g/mol. The Morgan fingerprint density at radius 2 is 1.75 bits per heavy atom. The minimum atomic E-state index is -4.00. The van der Waals surface area contributed by atoms with E-state index in [4.69, 9.17) is 11.6 Å². The molecule has 0 unspecified atom stereocenters. The highest BCUT2D eigenvalue weighted by Gasteiger charge is 2.33. The fourth-order valence-electron chi connectivity index (χ4n) is 3.53. The zero-order chi connectivity index (χ0) is 27.3. The number of hydrogen-bond donors (Lipinski definition) is 1. The number of amides is 2. The molecule has 1 atom stereocenters. The van der Waals surface area contributed by atoms with Crippen molar-refractivity contribution in [3.05, 3.63) is 69.2 Å². The average molecular weight is 539 g/mol. The number of hydrogen-bond acceptors (Lipinski definition) is 6. The molecule has 0 bridgehead atoms. The Bertz CT molecular complexity index is 1210. The molecule has 2 rings (SSSR count). The molecule has 0 heterocycles. The standard InChI is InChI=1S/C24H31ClN4O6S/c1-6-21(23(31)26-24(2,3)4)27(15-17-10-12-18(25)13-11-17)22(30)16-28(36(5,34)35)19-8-7-9-20(14-19)29(32)33/h7-14,21H,6,15-16H2,1-5H3,(H,26,31)/t21-/m0/s1. The van der Waals surface area contributed by atoms with Crippen molar-refractivity contribution in [2.75, 3.05) is 17.1 Å². The zero-order valence-electron chi connectivity index (χ0n) is 20.9. The summed E-state index contributed by atoms with van der Waals surface area (Å²) in [6, 6.07) is 10.9. The molecule has 36 heavy (non-hydrogen) atoms. The number of nitrogens with zero attached hydrogens (tertiary/aromatic N) is 3. The minimum absolute atomic E-state index is 0.0264. The third-order valence-electron chi connectivity index (χ3n) is 5.16. The zero-order valence-corrected chi connectivity index (χ0v) is 22.5. The van der Waals surface area contributed by atoms with Gasteiger partial charge in [-0.05, 0) is 51.0 Å². The van der Waals surface area contributed by atoms with Gasteiger partial charge in [0.1, 0.15) is 12.6 Å². The Morgan fingerprint density at radius 3 is 2.25 bits per heavy atom. The van der Waals surface area contributed by atoms with Crippen molar-refractivity contribution in [3.63, 3.8) is 0 Å². The van der Waals surface area contributed by atoms with Crippen LogP contribution in [0.25, 0.3) is 0 Å². The summed E-state index contributed by atoms with van der Waals surface area (Å²) in [4.78, 5) is 38.6. The van der Waals surface area contributed by atoms with E-state index in [1.807, 2.05) is 20.8 Å². The maximum absolute atomic E-state index is 13.6. The molecule has 0 aliphatic carbocycles. The lowest BCUT2D eigenvalue weighted by molar-refractivity contribution is -0.384. The second-order valence-electron chi connectivity index (χ2n) is 9.36. The maximum Gasteiger partial charge on any atom is 0.271 e. The number of carbonyl (C=O) groups is 2. The molecule has 196 valence electrons. The quantitative estimate of drug-likeness (QED) is 0.362. The number of anilines is 1. The number of rotatable bonds is 10. The van der Waals surface area contributed by atoms with E-state index >= 15 is 0 Å². The summed E-state index contributed by atoms with van der Waals surface area (Å²) in [5.74, 6) is -1.02. The SMILES string of the molecule is CC[C@@H](C(=O)NC(C)(C)C)N(Cc1ccc(Cl)cc1)C(=O)CN(c1cccc([N+](=O)[O-])c1)S(C)(=O)=O. The molecule has 0 saturated carbocycles. The summed E-state index contributed by atoms with van der Waals surface area (Å²) >= 11 is 5.98. The van der Waals surface area contributed by atoms with Gasteiger partial charge in [-0.3, -0.25) is 24.0 Å². The molecular weight excluding hydrogens is 508 g/mol. The van der Waals surface area contributed by atoms with Crippen molar-refractivity contribution in [2.24, 2.45) is 0 Å². The van der Waals surface area contributed by atoms with E-state index in [0.717, 1.165) is 16.6 Å². The number of nitro benzene ring substituents is 1. The normalized spacial score (nSPS) is 12.5. The minimum Gasteiger partial charge on any atom is -0.350 e. The van der Waals surface area contributed by atoms with Crippen LogP contribution in [0.3, 0.4) is 0 Å². The first-order chi connectivity index (χ1) is 16.6. The van der Waals surface area contributed by atoms with Crippen LogP contribution in [-0.4, -0.2) is 54.4 Å². The van der Waals surface area contributed by atoms with Gasteiger partial charge in [0, 0.05) is 29.2 Å². The van der Waals surface area contributed by atoms with Gasteiger partial charge in [-0.15, -0.1) is 0 Å². The topological polar surface area (TPSA) is 130 Å². The first-order valence-corrected chi connectivity index (χ1v) is 13.4. The molecule has 2 aromatic carbocycles. The van der Waals surface area contributed by atoms with E-state index in [0.29, 0.717) is 10.6 Å². The van der Waals surface area contributed by atoms with Gasteiger partial charge in [0.2, 0.25) is 21.8 Å². The van der Waals surface area contributed by atoms with E-state index in [2.05, 4.69) is 5.32 Å². The Hall–Kier alpha value is -3.18. The molecule has 0 aromatic heterocycles. The molecular formula is C24H31ClN4O6S. The first kappa shape index (κ1) is 29.1. The number of sulfonamides is 1. The van der Waals surface area contributed by atoms with Crippen molar-refractivity contribution in [1.29, 1.82) is 0 Å². The lowest BCUT2D eigenvalue weighted by Gasteiger charge is -2.34. The number of nitrogens with one attached hydrogen (secondary N) is 1. The van der Waals surface area contributed by atoms with Gasteiger partial charge in [0.05, 0.1) is 16.9 Å². The second kappa shape index (κ2) is 11.7. The molecule has 2 amide bonds.